The van der Waals surface area contributed by atoms with E-state index in [1.54, 1.807) is 33.3 Å². The van der Waals surface area contributed by atoms with Gasteiger partial charge in [-0.15, -0.1) is 0 Å². The Bertz CT molecular complexity index is 409. The van der Waals surface area contributed by atoms with Gasteiger partial charge in [-0.3, -0.25) is 10.1 Å². The Balaban J connectivity index is 2.63. The number of aryl methyl sites for hydroxylation is 1. The van der Waals surface area contributed by atoms with Crippen molar-refractivity contribution in [1.29, 1.82) is 0 Å². The van der Waals surface area contributed by atoms with Gasteiger partial charge in [0.15, 0.2) is 0 Å². The van der Waals surface area contributed by atoms with Crippen molar-refractivity contribution in [1.82, 2.24) is 0 Å². The van der Waals surface area contributed by atoms with E-state index in [1.807, 2.05) is 0 Å². The van der Waals surface area contributed by atoms with E-state index in [2.05, 4.69) is 5.32 Å². The third-order valence-corrected chi connectivity index (χ3v) is 2.61. The first-order valence-electron chi connectivity index (χ1n) is 5.59. The van der Waals surface area contributed by atoms with Gasteiger partial charge in [0.1, 0.15) is 0 Å². The van der Waals surface area contributed by atoms with Gasteiger partial charge in [0, 0.05) is 38.1 Å². The molecule has 1 aromatic rings. The lowest BCUT2D eigenvalue weighted by molar-refractivity contribution is -0.385. The molecule has 0 aliphatic carbocycles. The molecule has 0 aliphatic heterocycles. The van der Waals surface area contributed by atoms with Crippen LogP contribution in [0.5, 0.6) is 0 Å². The Hall–Kier alpha value is -1.66. The second kappa shape index (κ2) is 6.93. The van der Waals surface area contributed by atoms with Gasteiger partial charge in [0.2, 0.25) is 0 Å². The van der Waals surface area contributed by atoms with Crippen molar-refractivity contribution in [3.8, 4) is 0 Å². The Morgan fingerprint density at radius 1 is 1.44 bits per heavy atom. The zero-order chi connectivity index (χ0) is 13.5. The minimum Gasteiger partial charge on any atom is -0.382 e. The van der Waals surface area contributed by atoms with Gasteiger partial charge in [0.25, 0.3) is 5.69 Å². The highest BCUT2D eigenvalue weighted by atomic mass is 16.6. The van der Waals surface area contributed by atoms with Gasteiger partial charge in [-0.25, -0.2) is 0 Å². The maximum absolute atomic E-state index is 10.7. The molecule has 0 radical (unpaired) electrons. The van der Waals surface area contributed by atoms with E-state index in [9.17, 15) is 10.1 Å². The summed E-state index contributed by atoms with van der Waals surface area (Å²) in [6.07, 6.45) is -0.0505. The summed E-state index contributed by atoms with van der Waals surface area (Å²) in [5.74, 6) is 0. The number of nitro groups is 1. The maximum Gasteiger partial charge on any atom is 0.272 e. The number of nitro benzene ring substituents is 1. The number of rotatable bonds is 7. The Labute approximate surface area is 106 Å². The normalized spacial score (nSPS) is 12.2. The molecule has 0 amide bonds. The van der Waals surface area contributed by atoms with Crippen molar-refractivity contribution in [3.05, 3.63) is 33.9 Å². The van der Waals surface area contributed by atoms with E-state index in [4.69, 9.17) is 9.47 Å². The fourth-order valence-electron chi connectivity index (χ4n) is 1.60. The largest absolute Gasteiger partial charge is 0.382 e. The molecular weight excluding hydrogens is 236 g/mol. The summed E-state index contributed by atoms with van der Waals surface area (Å²) in [7, 11) is 3.23. The van der Waals surface area contributed by atoms with Crippen LogP contribution in [0.3, 0.4) is 0 Å². The zero-order valence-electron chi connectivity index (χ0n) is 10.8. The quantitative estimate of drug-likeness (QED) is 0.595. The molecule has 0 aromatic heterocycles. The Morgan fingerprint density at radius 2 is 2.17 bits per heavy atom. The predicted molar refractivity (Wildman–Crippen MR) is 69.0 cm³/mol. The number of nitrogens with one attached hydrogen (secondary N) is 1. The molecule has 0 bridgehead atoms. The molecule has 0 aliphatic rings. The lowest BCUT2D eigenvalue weighted by atomic mass is 10.2. The summed E-state index contributed by atoms with van der Waals surface area (Å²) in [6.45, 7) is 2.79. The Morgan fingerprint density at radius 3 is 2.67 bits per heavy atom. The van der Waals surface area contributed by atoms with Crippen molar-refractivity contribution in [2.75, 3.05) is 32.7 Å². The molecule has 1 N–H and O–H groups in total. The molecule has 100 valence electrons. The second-order valence-electron chi connectivity index (χ2n) is 3.95. The molecule has 1 aromatic carbocycles. The van der Waals surface area contributed by atoms with Gasteiger partial charge >= 0.3 is 0 Å². The molecule has 6 heteroatoms. The lowest BCUT2D eigenvalue weighted by Crippen LogP contribution is -2.26. The van der Waals surface area contributed by atoms with E-state index in [0.717, 1.165) is 5.69 Å². The topological polar surface area (TPSA) is 73.6 Å². The molecule has 0 spiro atoms. The number of anilines is 1. The van der Waals surface area contributed by atoms with Gasteiger partial charge in [0.05, 0.1) is 17.6 Å². The number of ether oxygens (including phenoxy) is 2. The van der Waals surface area contributed by atoms with Crippen molar-refractivity contribution >= 4 is 11.4 Å². The summed E-state index contributed by atoms with van der Waals surface area (Å²) in [4.78, 5) is 10.3. The highest BCUT2D eigenvalue weighted by Crippen LogP contribution is 2.21. The molecule has 18 heavy (non-hydrogen) atoms. The first kappa shape index (κ1) is 14.4. The first-order valence-corrected chi connectivity index (χ1v) is 5.59. The molecular formula is C12H18N2O4. The van der Waals surface area contributed by atoms with Crippen molar-refractivity contribution in [2.24, 2.45) is 0 Å². The molecule has 0 saturated heterocycles. The van der Waals surface area contributed by atoms with Gasteiger partial charge in [-0.2, -0.15) is 0 Å². The highest BCUT2D eigenvalue weighted by molar-refractivity contribution is 5.53. The second-order valence-corrected chi connectivity index (χ2v) is 3.95. The van der Waals surface area contributed by atoms with Gasteiger partial charge < -0.3 is 14.8 Å². The third kappa shape index (κ3) is 3.97. The van der Waals surface area contributed by atoms with Crippen LogP contribution in [-0.2, 0) is 9.47 Å². The molecule has 1 unspecified atom stereocenters. The van der Waals surface area contributed by atoms with Crippen molar-refractivity contribution < 1.29 is 14.4 Å². The average Bonchev–Trinajstić information content (AvgIpc) is 2.34. The molecule has 1 atom stereocenters. The summed E-state index contributed by atoms with van der Waals surface area (Å²) in [5.41, 5.74) is 1.59. The minimum absolute atomic E-state index is 0.0505. The average molecular weight is 254 g/mol. The maximum atomic E-state index is 10.7. The van der Waals surface area contributed by atoms with Crippen LogP contribution in [0.4, 0.5) is 11.4 Å². The smallest absolute Gasteiger partial charge is 0.272 e. The van der Waals surface area contributed by atoms with Crippen LogP contribution in [0.25, 0.3) is 0 Å². The lowest BCUT2D eigenvalue weighted by Gasteiger charge is -2.16. The van der Waals surface area contributed by atoms with Crippen LogP contribution in [0.2, 0.25) is 0 Å². The summed E-state index contributed by atoms with van der Waals surface area (Å²) in [6, 6.07) is 4.93. The monoisotopic (exact) mass is 254 g/mol. The summed E-state index contributed by atoms with van der Waals surface area (Å²) < 4.78 is 10.2. The van der Waals surface area contributed by atoms with Crippen LogP contribution < -0.4 is 5.32 Å². The van der Waals surface area contributed by atoms with Gasteiger partial charge in [-0.05, 0) is 19.1 Å². The minimum atomic E-state index is -0.387. The third-order valence-electron chi connectivity index (χ3n) is 2.61. The molecule has 6 nitrogen and oxygen atoms in total. The standard InChI is InChI=1S/C12H18N2O4/c1-9-6-10(4-5-12(9)14(15)16)13-7-11(18-3)8-17-2/h4-6,11,13H,7-8H2,1-3H3. The van der Waals surface area contributed by atoms with E-state index in [1.165, 1.54) is 6.07 Å². The predicted octanol–water partition coefficient (Wildman–Crippen LogP) is 1.98. The van der Waals surface area contributed by atoms with Crippen molar-refractivity contribution in [3.63, 3.8) is 0 Å². The van der Waals surface area contributed by atoms with Crippen LogP contribution in [0.15, 0.2) is 18.2 Å². The molecule has 0 saturated carbocycles. The van der Waals surface area contributed by atoms with E-state index >= 15 is 0 Å². The number of hydrogen-bond acceptors (Lipinski definition) is 5. The number of nitrogens with zero attached hydrogens (tertiary/aromatic N) is 1. The van der Waals surface area contributed by atoms with Crippen LogP contribution in [-0.4, -0.2) is 38.4 Å². The summed E-state index contributed by atoms with van der Waals surface area (Å²) in [5, 5.41) is 13.8. The number of methoxy groups -OCH3 is 2. The molecule has 0 fully saturated rings. The Kier molecular flexibility index (Phi) is 5.54. The first-order chi connectivity index (χ1) is 8.58. The van der Waals surface area contributed by atoms with E-state index < -0.39 is 0 Å². The molecule has 0 heterocycles. The summed E-state index contributed by atoms with van der Waals surface area (Å²) >= 11 is 0. The van der Waals surface area contributed by atoms with E-state index in [-0.39, 0.29) is 16.7 Å². The highest BCUT2D eigenvalue weighted by Gasteiger charge is 2.11. The fourth-order valence-corrected chi connectivity index (χ4v) is 1.60. The van der Waals surface area contributed by atoms with Gasteiger partial charge in [-0.1, -0.05) is 0 Å². The SMILES string of the molecule is COCC(CNc1ccc([N+](=O)[O-])c(C)c1)OC. The zero-order valence-corrected chi connectivity index (χ0v) is 10.8. The molecule has 1 rings (SSSR count). The van der Waals surface area contributed by atoms with Crippen LogP contribution in [0, 0.1) is 17.0 Å². The van der Waals surface area contributed by atoms with Crippen molar-refractivity contribution in [2.45, 2.75) is 13.0 Å². The van der Waals surface area contributed by atoms with Crippen LogP contribution in [0.1, 0.15) is 5.56 Å². The number of hydrogen-bond donors (Lipinski definition) is 1. The van der Waals surface area contributed by atoms with E-state index in [0.29, 0.717) is 18.7 Å². The fraction of sp³-hybridized carbons (Fsp3) is 0.500. The van der Waals surface area contributed by atoms with Crippen LogP contribution >= 0.6 is 0 Å². The number of benzene rings is 1.